The first-order valence-corrected chi connectivity index (χ1v) is 9.69. The Kier molecular flexibility index (Phi) is 6.42. The summed E-state index contributed by atoms with van der Waals surface area (Å²) in [5.74, 6) is -0.251. The van der Waals surface area contributed by atoms with Gasteiger partial charge in [-0.3, -0.25) is 4.90 Å². The molecule has 3 rings (SSSR count). The Bertz CT molecular complexity index is 670. The van der Waals surface area contributed by atoms with Crippen molar-refractivity contribution < 1.29 is 8.78 Å². The van der Waals surface area contributed by atoms with Crippen LogP contribution in [0.2, 0.25) is 0 Å². The van der Waals surface area contributed by atoms with E-state index in [4.69, 9.17) is 0 Å². The molecule has 1 aliphatic carbocycles. The zero-order valence-corrected chi connectivity index (χ0v) is 15.7. The van der Waals surface area contributed by atoms with E-state index in [9.17, 15) is 8.78 Å². The molecule has 1 aliphatic rings. The fraction of sp³-hybridized carbons (Fsp3) is 0.478. The van der Waals surface area contributed by atoms with Gasteiger partial charge in [-0.25, -0.2) is 8.78 Å². The summed E-state index contributed by atoms with van der Waals surface area (Å²) in [6.45, 7) is 3.20. The van der Waals surface area contributed by atoms with Crippen molar-refractivity contribution in [2.24, 2.45) is 0 Å². The average Bonchev–Trinajstić information content (AvgIpc) is 2.67. The molecule has 0 spiro atoms. The van der Waals surface area contributed by atoms with Gasteiger partial charge >= 0.3 is 0 Å². The molecule has 2 aromatic rings. The summed E-state index contributed by atoms with van der Waals surface area (Å²) in [5.41, 5.74) is 3.54. The van der Waals surface area contributed by atoms with E-state index in [1.165, 1.54) is 11.1 Å². The lowest BCUT2D eigenvalue weighted by Crippen LogP contribution is -2.38. The van der Waals surface area contributed by atoms with Crippen molar-refractivity contribution in [2.75, 3.05) is 7.05 Å². The second-order valence-electron chi connectivity index (χ2n) is 7.55. The zero-order valence-electron chi connectivity index (χ0n) is 15.7. The normalized spacial score (nSPS) is 23.7. The quantitative estimate of drug-likeness (QED) is 0.586. The number of aryl methyl sites for hydroxylation is 1. The van der Waals surface area contributed by atoms with Gasteiger partial charge in [-0.2, -0.15) is 0 Å². The molecule has 1 fully saturated rings. The van der Waals surface area contributed by atoms with Crippen LogP contribution in [-0.2, 0) is 13.0 Å². The van der Waals surface area contributed by atoms with Gasteiger partial charge in [-0.1, -0.05) is 61.5 Å². The lowest BCUT2D eigenvalue weighted by molar-refractivity contribution is 0.0428. The van der Waals surface area contributed by atoms with Gasteiger partial charge in [0.05, 0.1) is 0 Å². The molecule has 0 aliphatic heterocycles. The van der Waals surface area contributed by atoms with E-state index in [0.717, 1.165) is 31.4 Å². The van der Waals surface area contributed by atoms with E-state index in [0.29, 0.717) is 12.5 Å². The number of halogens is 2. The predicted molar refractivity (Wildman–Crippen MR) is 104 cm³/mol. The Morgan fingerprint density at radius 2 is 1.69 bits per heavy atom. The Morgan fingerprint density at radius 3 is 2.27 bits per heavy atom. The molecule has 26 heavy (non-hydrogen) atoms. The summed E-state index contributed by atoms with van der Waals surface area (Å²) >= 11 is 0. The highest BCUT2D eigenvalue weighted by Crippen LogP contribution is 2.41. The number of hydrogen-bond acceptors (Lipinski definition) is 1. The van der Waals surface area contributed by atoms with Crippen LogP contribution in [0.25, 0.3) is 0 Å². The fourth-order valence-electron chi connectivity index (χ4n) is 3.88. The largest absolute Gasteiger partial charge is 0.299 e. The van der Waals surface area contributed by atoms with E-state index >= 15 is 0 Å². The second kappa shape index (κ2) is 8.77. The third kappa shape index (κ3) is 4.50. The van der Waals surface area contributed by atoms with Crippen molar-refractivity contribution in [2.45, 2.75) is 63.5 Å². The van der Waals surface area contributed by atoms with Crippen molar-refractivity contribution in [1.29, 1.82) is 0 Å². The van der Waals surface area contributed by atoms with Gasteiger partial charge in [-0.05, 0) is 49.4 Å². The highest BCUT2D eigenvalue weighted by atomic mass is 19.2. The van der Waals surface area contributed by atoms with Crippen molar-refractivity contribution in [3.63, 3.8) is 0 Å². The van der Waals surface area contributed by atoms with Gasteiger partial charge in [0, 0.05) is 18.5 Å². The van der Waals surface area contributed by atoms with Gasteiger partial charge in [-0.15, -0.1) is 0 Å². The first kappa shape index (κ1) is 19.0. The molecular formula is C23H29F2N. The number of hydrogen-bond donors (Lipinski definition) is 0. The third-order valence-electron chi connectivity index (χ3n) is 5.75. The van der Waals surface area contributed by atoms with E-state index in [2.05, 4.69) is 55.3 Å². The molecule has 0 radical (unpaired) electrons. The smallest absolute Gasteiger partial charge is 0.138 e. The summed E-state index contributed by atoms with van der Waals surface area (Å²) < 4.78 is 26.6. The summed E-state index contributed by atoms with van der Waals surface area (Å²) in [6.07, 6.45) is 0.948. The number of benzene rings is 2. The molecule has 3 heteroatoms. The monoisotopic (exact) mass is 357 g/mol. The van der Waals surface area contributed by atoms with Gasteiger partial charge in [0.25, 0.3) is 0 Å². The first-order valence-electron chi connectivity index (χ1n) is 9.69. The molecule has 0 amide bonds. The molecule has 2 aromatic carbocycles. The summed E-state index contributed by atoms with van der Waals surface area (Å²) in [6, 6.07) is 19.2. The highest BCUT2D eigenvalue weighted by molar-refractivity contribution is 5.29. The molecule has 1 nitrogen and oxygen atoms in total. The van der Waals surface area contributed by atoms with Crippen molar-refractivity contribution in [1.82, 2.24) is 4.90 Å². The van der Waals surface area contributed by atoms with Gasteiger partial charge < -0.3 is 0 Å². The summed E-state index contributed by atoms with van der Waals surface area (Å²) in [5, 5.41) is 0. The predicted octanol–water partition coefficient (Wildman–Crippen LogP) is 5.69. The van der Waals surface area contributed by atoms with Crippen LogP contribution in [0, 0.1) is 0 Å². The van der Waals surface area contributed by atoms with Gasteiger partial charge in [0.1, 0.15) is 12.3 Å². The molecule has 0 heterocycles. The highest BCUT2D eigenvalue weighted by Gasteiger charge is 2.42. The molecule has 140 valence electrons. The first-order chi connectivity index (χ1) is 12.6. The van der Waals surface area contributed by atoms with Crippen LogP contribution in [0.1, 0.15) is 48.8 Å². The fourth-order valence-corrected chi connectivity index (χ4v) is 3.88. The Balaban J connectivity index is 1.51. The average molecular weight is 357 g/mol. The van der Waals surface area contributed by atoms with E-state index in [1.807, 2.05) is 18.2 Å². The topological polar surface area (TPSA) is 3.24 Å². The Labute approximate surface area is 156 Å². The van der Waals surface area contributed by atoms with Crippen LogP contribution >= 0.6 is 0 Å². The van der Waals surface area contributed by atoms with Crippen molar-refractivity contribution in [3.8, 4) is 0 Å². The standard InChI is InChI=1S/C23H29F2N/c1-3-20(26(2)16-18-7-5-4-6-8-18)14-11-17-9-12-19(13-10-17)21-15-22(24)23(21)25/h4-10,12-13,20-23H,3,11,14-16H2,1-2H3. The number of alkyl halides is 2. The molecule has 0 N–H and O–H groups in total. The Hall–Kier alpha value is -1.74. The maximum absolute atomic E-state index is 13.5. The minimum atomic E-state index is -1.32. The Morgan fingerprint density at radius 1 is 1.00 bits per heavy atom. The minimum Gasteiger partial charge on any atom is -0.299 e. The van der Waals surface area contributed by atoms with Gasteiger partial charge in [0.2, 0.25) is 0 Å². The molecule has 0 saturated heterocycles. The van der Waals surface area contributed by atoms with Crippen molar-refractivity contribution >= 4 is 0 Å². The molecular weight excluding hydrogens is 328 g/mol. The van der Waals surface area contributed by atoms with Crippen LogP contribution in [0.4, 0.5) is 8.78 Å². The van der Waals surface area contributed by atoms with E-state index in [-0.39, 0.29) is 5.92 Å². The number of nitrogens with zero attached hydrogens (tertiary/aromatic N) is 1. The number of rotatable bonds is 8. The van der Waals surface area contributed by atoms with Crippen molar-refractivity contribution in [3.05, 3.63) is 71.3 Å². The minimum absolute atomic E-state index is 0.251. The molecule has 1 saturated carbocycles. The molecule has 4 atom stereocenters. The van der Waals surface area contributed by atoms with Crippen LogP contribution in [0.3, 0.4) is 0 Å². The maximum atomic E-state index is 13.5. The van der Waals surface area contributed by atoms with Crippen LogP contribution in [0.15, 0.2) is 54.6 Å². The zero-order chi connectivity index (χ0) is 18.5. The van der Waals surface area contributed by atoms with Gasteiger partial charge in [0.15, 0.2) is 0 Å². The van der Waals surface area contributed by atoms with Crippen LogP contribution in [-0.4, -0.2) is 30.3 Å². The van der Waals surface area contributed by atoms with Crippen LogP contribution < -0.4 is 0 Å². The SMILES string of the molecule is CCC(CCc1ccc(C2CC(F)C2F)cc1)N(C)Cc1ccccc1. The summed E-state index contributed by atoms with van der Waals surface area (Å²) in [4.78, 5) is 2.42. The van der Waals surface area contributed by atoms with Crippen LogP contribution in [0.5, 0.6) is 0 Å². The van der Waals surface area contributed by atoms with E-state index < -0.39 is 12.3 Å². The van der Waals surface area contributed by atoms with E-state index in [1.54, 1.807) is 0 Å². The molecule has 4 unspecified atom stereocenters. The lowest BCUT2D eigenvalue weighted by atomic mass is 9.76. The second-order valence-corrected chi connectivity index (χ2v) is 7.55. The third-order valence-corrected chi connectivity index (χ3v) is 5.75. The lowest BCUT2D eigenvalue weighted by Gasteiger charge is -2.34. The maximum Gasteiger partial charge on any atom is 0.138 e. The molecule has 0 aromatic heterocycles. The molecule has 0 bridgehead atoms. The summed E-state index contributed by atoms with van der Waals surface area (Å²) in [7, 11) is 2.19.